The molecule has 8 nitrogen and oxygen atoms in total. The van der Waals surface area contributed by atoms with Crippen molar-refractivity contribution < 1.29 is 13.2 Å². The van der Waals surface area contributed by atoms with Crippen LogP contribution >= 0.6 is 11.3 Å². The highest BCUT2D eigenvalue weighted by molar-refractivity contribution is 7.89. The average Bonchev–Trinajstić information content (AvgIpc) is 3.20. The third kappa shape index (κ3) is 4.52. The number of rotatable bonds is 6. The SMILES string of the molecule is Cc1ccc(-c2csc3ncn(CC(=O)Nc4ccc(S(=O)(=O)N(C)C)cc4)c(=O)c23)c(C)c1. The molecule has 1 N–H and O–H groups in total. The molecule has 2 aromatic carbocycles. The van der Waals surface area contributed by atoms with Crippen molar-refractivity contribution >= 4 is 43.2 Å². The second kappa shape index (κ2) is 9.13. The normalized spacial score (nSPS) is 11.8. The van der Waals surface area contributed by atoms with E-state index in [0.29, 0.717) is 15.9 Å². The number of anilines is 1. The van der Waals surface area contributed by atoms with E-state index in [1.165, 1.54) is 60.6 Å². The molecule has 176 valence electrons. The van der Waals surface area contributed by atoms with Crippen molar-refractivity contribution in [3.05, 3.63) is 75.7 Å². The van der Waals surface area contributed by atoms with E-state index in [4.69, 9.17) is 0 Å². The van der Waals surface area contributed by atoms with Crippen LogP contribution in [0, 0.1) is 13.8 Å². The highest BCUT2D eigenvalue weighted by Crippen LogP contribution is 2.33. The maximum atomic E-state index is 13.2. The average molecular weight is 497 g/mol. The van der Waals surface area contributed by atoms with Crippen LogP contribution in [-0.2, 0) is 21.4 Å². The summed E-state index contributed by atoms with van der Waals surface area (Å²) in [5.41, 5.74) is 4.11. The molecule has 0 bridgehead atoms. The Morgan fingerprint density at radius 3 is 2.44 bits per heavy atom. The second-order valence-corrected chi connectivity index (χ2v) is 11.2. The van der Waals surface area contributed by atoms with Gasteiger partial charge in [-0.05, 0) is 49.2 Å². The predicted octanol–water partition coefficient (Wildman–Crippen LogP) is 3.63. The number of amides is 1. The van der Waals surface area contributed by atoms with Crippen LogP contribution in [-0.4, -0.2) is 42.3 Å². The van der Waals surface area contributed by atoms with Gasteiger partial charge in [0.2, 0.25) is 15.9 Å². The Bertz CT molecular complexity index is 1550. The highest BCUT2D eigenvalue weighted by Gasteiger charge is 2.18. The molecule has 0 unspecified atom stereocenters. The molecule has 0 saturated heterocycles. The summed E-state index contributed by atoms with van der Waals surface area (Å²) >= 11 is 1.39. The third-order valence-electron chi connectivity index (χ3n) is 5.46. The van der Waals surface area contributed by atoms with E-state index in [-0.39, 0.29) is 17.0 Å². The zero-order valence-corrected chi connectivity index (χ0v) is 20.8. The van der Waals surface area contributed by atoms with Crippen molar-refractivity contribution in [3.8, 4) is 11.1 Å². The minimum absolute atomic E-state index is 0.123. The van der Waals surface area contributed by atoms with Crippen molar-refractivity contribution in [3.63, 3.8) is 0 Å². The van der Waals surface area contributed by atoms with E-state index in [9.17, 15) is 18.0 Å². The van der Waals surface area contributed by atoms with Crippen molar-refractivity contribution in [1.29, 1.82) is 0 Å². The molecule has 0 radical (unpaired) electrons. The Morgan fingerprint density at radius 1 is 1.09 bits per heavy atom. The molecule has 4 aromatic rings. The molecule has 0 aliphatic heterocycles. The lowest BCUT2D eigenvalue weighted by Crippen LogP contribution is -2.27. The molecule has 4 rings (SSSR count). The van der Waals surface area contributed by atoms with Crippen LogP contribution in [0.15, 0.2) is 63.9 Å². The van der Waals surface area contributed by atoms with Crippen LogP contribution in [0.4, 0.5) is 5.69 Å². The first-order valence-electron chi connectivity index (χ1n) is 10.4. The van der Waals surface area contributed by atoms with Crippen LogP contribution in [0.2, 0.25) is 0 Å². The molecule has 0 spiro atoms. The number of hydrogen-bond donors (Lipinski definition) is 1. The maximum absolute atomic E-state index is 13.2. The van der Waals surface area contributed by atoms with Gasteiger partial charge < -0.3 is 5.32 Å². The Morgan fingerprint density at radius 2 is 1.79 bits per heavy atom. The van der Waals surface area contributed by atoms with Gasteiger partial charge in [-0.25, -0.2) is 17.7 Å². The fraction of sp³-hybridized carbons (Fsp3) is 0.208. The largest absolute Gasteiger partial charge is 0.325 e. The molecule has 0 fully saturated rings. The van der Waals surface area contributed by atoms with Crippen LogP contribution in [0.5, 0.6) is 0 Å². The van der Waals surface area contributed by atoms with Gasteiger partial charge in [0.05, 0.1) is 16.6 Å². The summed E-state index contributed by atoms with van der Waals surface area (Å²) in [7, 11) is -0.654. The number of sulfonamides is 1. The van der Waals surface area contributed by atoms with Crippen molar-refractivity contribution in [2.24, 2.45) is 0 Å². The van der Waals surface area contributed by atoms with Crippen molar-refractivity contribution in [2.45, 2.75) is 25.3 Å². The first kappa shape index (κ1) is 23.8. The number of thiophene rings is 1. The minimum atomic E-state index is -3.56. The Hall–Kier alpha value is -3.34. The molecule has 0 aliphatic carbocycles. The van der Waals surface area contributed by atoms with Crippen LogP contribution < -0.4 is 10.9 Å². The summed E-state index contributed by atoms with van der Waals surface area (Å²) in [6.07, 6.45) is 1.37. The molecule has 0 saturated carbocycles. The van der Waals surface area contributed by atoms with E-state index in [0.717, 1.165) is 26.6 Å². The van der Waals surface area contributed by atoms with Gasteiger partial charge in [-0.1, -0.05) is 23.8 Å². The summed E-state index contributed by atoms with van der Waals surface area (Å²) in [4.78, 5) is 31.0. The summed E-state index contributed by atoms with van der Waals surface area (Å²) in [6.45, 7) is 3.80. The van der Waals surface area contributed by atoms with Crippen molar-refractivity contribution in [1.82, 2.24) is 13.9 Å². The van der Waals surface area contributed by atoms with Gasteiger partial charge in [-0.2, -0.15) is 0 Å². The van der Waals surface area contributed by atoms with Gasteiger partial charge in [0.1, 0.15) is 11.4 Å². The van der Waals surface area contributed by atoms with Crippen LogP contribution in [0.25, 0.3) is 21.3 Å². The van der Waals surface area contributed by atoms with Crippen LogP contribution in [0.1, 0.15) is 11.1 Å². The second-order valence-electron chi connectivity index (χ2n) is 8.19. The summed E-state index contributed by atoms with van der Waals surface area (Å²) < 4.78 is 26.8. The Balaban J connectivity index is 1.58. The summed E-state index contributed by atoms with van der Waals surface area (Å²) in [6, 6.07) is 11.9. The quantitative estimate of drug-likeness (QED) is 0.439. The maximum Gasteiger partial charge on any atom is 0.263 e. The van der Waals surface area contributed by atoms with Gasteiger partial charge >= 0.3 is 0 Å². The molecule has 2 heterocycles. The monoisotopic (exact) mass is 496 g/mol. The lowest BCUT2D eigenvalue weighted by atomic mass is 9.99. The number of nitrogens with one attached hydrogen (secondary N) is 1. The van der Waals surface area contributed by atoms with E-state index in [1.54, 1.807) is 0 Å². The molecule has 1 amide bonds. The van der Waals surface area contributed by atoms with Gasteiger partial charge in [-0.3, -0.25) is 14.2 Å². The lowest BCUT2D eigenvalue weighted by Gasteiger charge is -2.12. The molecule has 2 aromatic heterocycles. The minimum Gasteiger partial charge on any atom is -0.325 e. The Labute approximate surface area is 201 Å². The number of fused-ring (bicyclic) bond motifs is 1. The van der Waals surface area contributed by atoms with Gasteiger partial charge in [0.25, 0.3) is 5.56 Å². The topological polar surface area (TPSA) is 101 Å². The zero-order valence-electron chi connectivity index (χ0n) is 19.2. The van der Waals surface area contributed by atoms with E-state index >= 15 is 0 Å². The number of benzene rings is 2. The van der Waals surface area contributed by atoms with Gasteiger partial charge in [-0.15, -0.1) is 11.3 Å². The standard InChI is InChI=1S/C24H24N4O4S2/c1-15-5-10-19(16(2)11-15)20-13-33-23-22(20)24(30)28(14-25-23)12-21(29)26-17-6-8-18(9-7-17)34(31,32)27(3)4/h5-11,13-14H,12H2,1-4H3,(H,26,29). The number of aryl methyl sites for hydroxylation is 2. The fourth-order valence-electron chi connectivity index (χ4n) is 3.67. The van der Waals surface area contributed by atoms with Gasteiger partial charge in [0, 0.05) is 30.7 Å². The first-order chi connectivity index (χ1) is 16.1. The zero-order chi connectivity index (χ0) is 24.6. The molecule has 34 heavy (non-hydrogen) atoms. The Kier molecular flexibility index (Phi) is 6.39. The van der Waals surface area contributed by atoms with Crippen LogP contribution in [0.3, 0.4) is 0 Å². The molecule has 0 atom stereocenters. The van der Waals surface area contributed by atoms with E-state index in [2.05, 4.69) is 16.4 Å². The summed E-state index contributed by atoms with van der Waals surface area (Å²) in [5, 5.41) is 5.11. The fourth-order valence-corrected chi connectivity index (χ4v) is 5.47. The molecular formula is C24H24N4O4S2. The number of carbonyl (C=O) groups is 1. The number of hydrogen-bond acceptors (Lipinski definition) is 6. The molecule has 0 aliphatic rings. The van der Waals surface area contributed by atoms with Gasteiger partial charge in [0.15, 0.2) is 0 Å². The van der Waals surface area contributed by atoms with Crippen molar-refractivity contribution in [2.75, 3.05) is 19.4 Å². The summed E-state index contributed by atoms with van der Waals surface area (Å²) in [5.74, 6) is -0.422. The number of carbonyl (C=O) groups excluding carboxylic acids is 1. The molecular weight excluding hydrogens is 472 g/mol. The van der Waals surface area contributed by atoms with E-state index < -0.39 is 15.9 Å². The highest BCUT2D eigenvalue weighted by atomic mass is 32.2. The van der Waals surface area contributed by atoms with E-state index in [1.807, 2.05) is 31.4 Å². The smallest absolute Gasteiger partial charge is 0.263 e. The lowest BCUT2D eigenvalue weighted by molar-refractivity contribution is -0.116. The molecule has 10 heteroatoms. The number of aromatic nitrogens is 2. The first-order valence-corrected chi connectivity index (χ1v) is 12.8. The predicted molar refractivity (Wildman–Crippen MR) is 135 cm³/mol. The number of nitrogens with zero attached hydrogens (tertiary/aromatic N) is 3. The third-order valence-corrected chi connectivity index (χ3v) is 8.18.